The minimum absolute atomic E-state index is 0.295. The maximum absolute atomic E-state index is 13.4. The largest absolute Gasteiger partial charge is 0.382 e. The lowest BCUT2D eigenvalue weighted by molar-refractivity contribution is 0.629. The van der Waals surface area contributed by atoms with Crippen LogP contribution >= 0.6 is 0 Å². The second kappa shape index (κ2) is 4.00. The summed E-state index contributed by atoms with van der Waals surface area (Å²) in [5.41, 5.74) is 7.98. The number of imidazole rings is 1. The topological polar surface area (TPSA) is 69.6 Å². The fraction of sp³-hybridized carbons (Fsp3) is 0.214. The first kappa shape index (κ1) is 11.3. The summed E-state index contributed by atoms with van der Waals surface area (Å²) in [6.07, 6.45) is 5.32. The molecule has 0 aliphatic heterocycles. The van der Waals surface area contributed by atoms with Crippen LogP contribution in [0.15, 0.2) is 30.6 Å². The molecule has 100 valence electrons. The van der Waals surface area contributed by atoms with Crippen LogP contribution < -0.4 is 5.73 Å². The minimum Gasteiger partial charge on any atom is -0.382 e. The van der Waals surface area contributed by atoms with E-state index in [0.717, 1.165) is 18.4 Å². The van der Waals surface area contributed by atoms with Crippen LogP contribution in [0.3, 0.4) is 0 Å². The Hall–Kier alpha value is -2.50. The number of benzene rings is 1. The van der Waals surface area contributed by atoms with Gasteiger partial charge in [0.2, 0.25) is 0 Å². The number of rotatable bonds is 2. The van der Waals surface area contributed by atoms with E-state index in [0.29, 0.717) is 28.9 Å². The van der Waals surface area contributed by atoms with Crippen LogP contribution in [0.2, 0.25) is 0 Å². The predicted octanol–water partition coefficient (Wildman–Crippen LogP) is 2.55. The number of anilines is 1. The van der Waals surface area contributed by atoms with E-state index < -0.39 is 0 Å². The van der Waals surface area contributed by atoms with Gasteiger partial charge in [-0.3, -0.25) is 0 Å². The highest BCUT2D eigenvalue weighted by atomic mass is 19.1. The summed E-state index contributed by atoms with van der Waals surface area (Å²) in [5.74, 6) is 0.709. The van der Waals surface area contributed by atoms with Crippen LogP contribution in [-0.2, 0) is 0 Å². The molecular formula is C14H12FN5. The molecule has 1 aromatic carbocycles. The molecule has 5 nitrogen and oxygen atoms in total. The molecule has 0 bridgehead atoms. The number of hydrogen-bond donors (Lipinski definition) is 1. The molecule has 2 N–H and O–H groups in total. The average Bonchev–Trinajstić information content (AvgIpc) is 3.20. The highest BCUT2D eigenvalue weighted by Crippen LogP contribution is 2.41. The first-order chi connectivity index (χ1) is 9.74. The Kier molecular flexibility index (Phi) is 2.26. The van der Waals surface area contributed by atoms with Crippen molar-refractivity contribution < 1.29 is 4.39 Å². The van der Waals surface area contributed by atoms with E-state index in [9.17, 15) is 4.39 Å². The molecule has 1 fully saturated rings. The number of aromatic nitrogens is 4. The molecule has 0 saturated heterocycles. The quantitative estimate of drug-likeness (QED) is 0.776. The highest BCUT2D eigenvalue weighted by molar-refractivity contribution is 5.82. The fourth-order valence-corrected chi connectivity index (χ4v) is 2.46. The summed E-state index contributed by atoms with van der Waals surface area (Å²) in [4.78, 5) is 12.8. The zero-order valence-corrected chi connectivity index (χ0v) is 10.6. The van der Waals surface area contributed by atoms with Crippen molar-refractivity contribution in [3.63, 3.8) is 0 Å². The van der Waals surface area contributed by atoms with Crippen molar-refractivity contribution in [1.29, 1.82) is 0 Å². The Labute approximate surface area is 114 Å². The smallest absolute Gasteiger partial charge is 0.163 e. The maximum atomic E-state index is 13.4. The number of nitrogen functional groups attached to an aromatic ring is 1. The Bertz CT molecular complexity index is 806. The van der Waals surface area contributed by atoms with E-state index in [1.807, 2.05) is 0 Å². The van der Waals surface area contributed by atoms with E-state index in [4.69, 9.17) is 5.73 Å². The van der Waals surface area contributed by atoms with Crippen molar-refractivity contribution in [2.45, 2.75) is 18.9 Å². The van der Waals surface area contributed by atoms with Gasteiger partial charge in [-0.1, -0.05) is 0 Å². The number of halogens is 1. The number of fused-ring (bicyclic) bond motifs is 1. The molecule has 0 radical (unpaired) electrons. The maximum Gasteiger partial charge on any atom is 0.163 e. The summed E-state index contributed by atoms with van der Waals surface area (Å²) in [6.45, 7) is 0. The third-order valence-corrected chi connectivity index (χ3v) is 3.50. The van der Waals surface area contributed by atoms with Gasteiger partial charge in [0.1, 0.15) is 11.5 Å². The molecule has 20 heavy (non-hydrogen) atoms. The van der Waals surface area contributed by atoms with E-state index in [-0.39, 0.29) is 5.82 Å². The zero-order valence-electron chi connectivity index (χ0n) is 10.6. The van der Waals surface area contributed by atoms with Crippen molar-refractivity contribution in [3.8, 4) is 11.5 Å². The first-order valence-electron chi connectivity index (χ1n) is 6.48. The Morgan fingerprint density at radius 2 is 2.00 bits per heavy atom. The van der Waals surface area contributed by atoms with Crippen LogP contribution in [0.4, 0.5) is 10.2 Å². The fourth-order valence-electron chi connectivity index (χ4n) is 2.46. The van der Waals surface area contributed by atoms with Gasteiger partial charge >= 0.3 is 0 Å². The van der Waals surface area contributed by atoms with Gasteiger partial charge in [-0.15, -0.1) is 0 Å². The Morgan fingerprint density at radius 1 is 1.20 bits per heavy atom. The van der Waals surface area contributed by atoms with Crippen LogP contribution in [0.5, 0.6) is 0 Å². The van der Waals surface area contributed by atoms with Crippen molar-refractivity contribution in [1.82, 2.24) is 19.5 Å². The third-order valence-electron chi connectivity index (χ3n) is 3.50. The second-order valence-corrected chi connectivity index (χ2v) is 4.96. The van der Waals surface area contributed by atoms with E-state index in [2.05, 4.69) is 19.5 Å². The summed E-state index contributed by atoms with van der Waals surface area (Å²) in [5, 5.41) is 0. The first-order valence-corrected chi connectivity index (χ1v) is 6.48. The zero-order chi connectivity index (χ0) is 13.7. The molecule has 4 rings (SSSR count). The molecule has 2 aromatic heterocycles. The van der Waals surface area contributed by atoms with Crippen LogP contribution in [0.25, 0.3) is 22.6 Å². The van der Waals surface area contributed by atoms with Crippen LogP contribution in [-0.4, -0.2) is 19.5 Å². The normalized spacial score (nSPS) is 14.8. The van der Waals surface area contributed by atoms with Gasteiger partial charge in [0.05, 0.1) is 11.0 Å². The van der Waals surface area contributed by atoms with Gasteiger partial charge in [0, 0.05) is 24.5 Å². The molecule has 1 aliphatic rings. The van der Waals surface area contributed by atoms with Crippen LogP contribution in [0, 0.1) is 5.82 Å². The molecule has 0 unspecified atom stereocenters. The van der Waals surface area contributed by atoms with E-state index >= 15 is 0 Å². The lowest BCUT2D eigenvalue weighted by atomic mass is 10.3. The Balaban J connectivity index is 2.03. The van der Waals surface area contributed by atoms with E-state index in [1.165, 1.54) is 12.1 Å². The molecule has 2 heterocycles. The minimum atomic E-state index is -0.295. The highest BCUT2D eigenvalue weighted by Gasteiger charge is 2.29. The lowest BCUT2D eigenvalue weighted by Gasteiger charge is -2.07. The average molecular weight is 269 g/mol. The van der Waals surface area contributed by atoms with Gasteiger partial charge in [-0.25, -0.2) is 19.3 Å². The standard InChI is InChI=1S/C14H12FN5/c15-8-1-4-11-10(7-8)19-14(20(11)9-2-3-9)12-13(16)18-6-5-17-12/h1,4-7,9H,2-3H2,(H2,16,18). The van der Waals surface area contributed by atoms with Crippen molar-refractivity contribution in [2.24, 2.45) is 0 Å². The summed E-state index contributed by atoms with van der Waals surface area (Å²) < 4.78 is 15.5. The van der Waals surface area contributed by atoms with Crippen molar-refractivity contribution >= 4 is 16.9 Å². The van der Waals surface area contributed by atoms with Crippen molar-refractivity contribution in [3.05, 3.63) is 36.4 Å². The van der Waals surface area contributed by atoms with Crippen LogP contribution in [0.1, 0.15) is 18.9 Å². The monoisotopic (exact) mass is 269 g/mol. The molecule has 3 aromatic rings. The van der Waals surface area contributed by atoms with Gasteiger partial charge in [0.15, 0.2) is 11.6 Å². The molecule has 1 aliphatic carbocycles. The Morgan fingerprint density at radius 3 is 2.75 bits per heavy atom. The van der Waals surface area contributed by atoms with Gasteiger partial charge in [-0.05, 0) is 25.0 Å². The van der Waals surface area contributed by atoms with Gasteiger partial charge in [0.25, 0.3) is 0 Å². The number of nitrogens with two attached hydrogens (primary N) is 1. The van der Waals surface area contributed by atoms with Crippen molar-refractivity contribution in [2.75, 3.05) is 5.73 Å². The molecule has 0 atom stereocenters. The molecule has 0 spiro atoms. The molecule has 1 saturated carbocycles. The summed E-state index contributed by atoms with van der Waals surface area (Å²) in [6, 6.07) is 5.03. The summed E-state index contributed by atoms with van der Waals surface area (Å²) in [7, 11) is 0. The molecule has 0 amide bonds. The molecular weight excluding hydrogens is 257 g/mol. The second-order valence-electron chi connectivity index (χ2n) is 4.96. The van der Waals surface area contributed by atoms with Gasteiger partial charge in [-0.2, -0.15) is 0 Å². The molecule has 6 heteroatoms. The SMILES string of the molecule is Nc1nccnc1-c1nc2cc(F)ccc2n1C1CC1. The van der Waals surface area contributed by atoms with E-state index in [1.54, 1.807) is 18.5 Å². The number of nitrogens with zero attached hydrogens (tertiary/aromatic N) is 4. The summed E-state index contributed by atoms with van der Waals surface area (Å²) >= 11 is 0. The predicted molar refractivity (Wildman–Crippen MR) is 73.4 cm³/mol. The van der Waals surface area contributed by atoms with Gasteiger partial charge < -0.3 is 10.3 Å². The number of hydrogen-bond acceptors (Lipinski definition) is 4. The third kappa shape index (κ3) is 1.65. The lowest BCUT2D eigenvalue weighted by Crippen LogP contribution is -2.03.